The Morgan fingerprint density at radius 3 is 3.00 bits per heavy atom. The van der Waals surface area contributed by atoms with Gasteiger partial charge in [0.15, 0.2) is 0 Å². The SMILES string of the molecule is Sc1ccc2c(c1)CC=CC=C2I. The highest BCUT2D eigenvalue weighted by Crippen LogP contribution is 2.29. The molecule has 2 rings (SSSR count). The van der Waals surface area contributed by atoms with Crippen LogP contribution in [0.1, 0.15) is 11.1 Å². The Hall–Kier alpha value is -0.220. The summed E-state index contributed by atoms with van der Waals surface area (Å²) in [7, 11) is 0. The Kier molecular flexibility index (Phi) is 2.79. The van der Waals surface area contributed by atoms with Gasteiger partial charge in [0, 0.05) is 8.48 Å². The number of rotatable bonds is 0. The zero-order valence-electron chi connectivity index (χ0n) is 7.00. The fourth-order valence-electron chi connectivity index (χ4n) is 1.42. The topological polar surface area (TPSA) is 0 Å². The number of benzene rings is 1. The molecule has 0 spiro atoms. The normalized spacial score (nSPS) is 14.8. The Morgan fingerprint density at radius 1 is 1.31 bits per heavy atom. The monoisotopic (exact) mass is 300 g/mol. The average Bonchev–Trinajstić information content (AvgIpc) is 2.28. The van der Waals surface area contributed by atoms with E-state index in [1.165, 1.54) is 14.7 Å². The molecule has 0 N–H and O–H groups in total. The van der Waals surface area contributed by atoms with E-state index in [1.54, 1.807) is 0 Å². The molecular weight excluding hydrogens is 291 g/mol. The van der Waals surface area contributed by atoms with E-state index in [9.17, 15) is 0 Å². The molecule has 0 nitrogen and oxygen atoms in total. The van der Waals surface area contributed by atoms with Crippen LogP contribution in [-0.2, 0) is 6.42 Å². The molecule has 0 saturated heterocycles. The lowest BCUT2D eigenvalue weighted by atomic mass is 10.1. The van der Waals surface area contributed by atoms with Gasteiger partial charge >= 0.3 is 0 Å². The Morgan fingerprint density at radius 2 is 2.15 bits per heavy atom. The molecule has 0 amide bonds. The molecule has 1 aliphatic rings. The summed E-state index contributed by atoms with van der Waals surface area (Å²) in [6, 6.07) is 6.32. The molecule has 1 aromatic carbocycles. The molecule has 66 valence electrons. The van der Waals surface area contributed by atoms with Gasteiger partial charge < -0.3 is 0 Å². The Balaban J connectivity index is 2.59. The smallest absolute Gasteiger partial charge is 0.0205 e. The van der Waals surface area contributed by atoms with Gasteiger partial charge in [-0.15, -0.1) is 12.6 Å². The van der Waals surface area contributed by atoms with Crippen molar-refractivity contribution < 1.29 is 0 Å². The standard InChI is InChI=1S/C11H9IS/c12-11-4-2-1-3-8-7-9(13)5-6-10(8)11/h1-2,4-7,13H,3H2. The maximum Gasteiger partial charge on any atom is 0.0205 e. The molecule has 2 heteroatoms. The van der Waals surface area contributed by atoms with Crippen LogP contribution < -0.4 is 0 Å². The molecule has 0 aromatic heterocycles. The van der Waals surface area contributed by atoms with Crippen molar-refractivity contribution >= 4 is 38.8 Å². The van der Waals surface area contributed by atoms with Crippen LogP contribution in [0.3, 0.4) is 0 Å². The van der Waals surface area contributed by atoms with Crippen molar-refractivity contribution in [3.05, 3.63) is 47.6 Å². The highest BCUT2D eigenvalue weighted by Gasteiger charge is 2.06. The van der Waals surface area contributed by atoms with Crippen LogP contribution in [0.2, 0.25) is 0 Å². The first-order valence-electron chi connectivity index (χ1n) is 4.12. The van der Waals surface area contributed by atoms with Gasteiger partial charge in [-0.2, -0.15) is 0 Å². The highest BCUT2D eigenvalue weighted by atomic mass is 127. The molecule has 0 aliphatic heterocycles. The van der Waals surface area contributed by atoms with Crippen molar-refractivity contribution in [3.8, 4) is 0 Å². The van der Waals surface area contributed by atoms with E-state index >= 15 is 0 Å². The predicted octanol–water partition coefficient (Wildman–Crippen LogP) is 3.86. The first-order chi connectivity index (χ1) is 6.27. The first-order valence-corrected chi connectivity index (χ1v) is 5.64. The van der Waals surface area contributed by atoms with Gasteiger partial charge in [0.05, 0.1) is 0 Å². The molecule has 0 unspecified atom stereocenters. The summed E-state index contributed by atoms with van der Waals surface area (Å²) < 4.78 is 1.30. The molecular formula is C11H9IS. The van der Waals surface area contributed by atoms with Gasteiger partial charge in [-0.1, -0.05) is 18.2 Å². The Bertz CT molecular complexity index is 391. The minimum Gasteiger partial charge on any atom is -0.143 e. The van der Waals surface area contributed by atoms with E-state index in [4.69, 9.17) is 0 Å². The van der Waals surface area contributed by atoms with E-state index in [0.717, 1.165) is 11.3 Å². The van der Waals surface area contributed by atoms with Crippen molar-refractivity contribution in [2.45, 2.75) is 11.3 Å². The van der Waals surface area contributed by atoms with Gasteiger partial charge in [-0.05, 0) is 58.3 Å². The lowest BCUT2D eigenvalue weighted by Crippen LogP contribution is -1.87. The molecule has 0 heterocycles. The summed E-state index contributed by atoms with van der Waals surface area (Å²) in [6.07, 6.45) is 7.44. The molecule has 1 aliphatic carbocycles. The lowest BCUT2D eigenvalue weighted by molar-refractivity contribution is 1.23. The number of thiol groups is 1. The molecule has 0 fully saturated rings. The summed E-state index contributed by atoms with van der Waals surface area (Å²) in [6.45, 7) is 0. The Labute approximate surface area is 97.3 Å². The van der Waals surface area contributed by atoms with Crippen LogP contribution in [0, 0.1) is 0 Å². The second-order valence-corrected chi connectivity index (χ2v) is 4.67. The fourth-order valence-corrected chi connectivity index (χ4v) is 2.38. The van der Waals surface area contributed by atoms with Gasteiger partial charge in [0.2, 0.25) is 0 Å². The third-order valence-corrected chi connectivity index (χ3v) is 3.28. The summed E-state index contributed by atoms with van der Waals surface area (Å²) in [5, 5.41) is 0. The van der Waals surface area contributed by atoms with Crippen molar-refractivity contribution in [2.24, 2.45) is 0 Å². The maximum atomic E-state index is 4.34. The highest BCUT2D eigenvalue weighted by molar-refractivity contribution is 14.1. The second kappa shape index (κ2) is 3.88. The zero-order valence-corrected chi connectivity index (χ0v) is 10.0. The second-order valence-electron chi connectivity index (χ2n) is 2.99. The summed E-state index contributed by atoms with van der Waals surface area (Å²) in [4.78, 5) is 1.04. The molecule has 1 aromatic rings. The van der Waals surface area contributed by atoms with E-state index in [1.807, 2.05) is 6.07 Å². The van der Waals surface area contributed by atoms with Crippen molar-refractivity contribution in [3.63, 3.8) is 0 Å². The van der Waals surface area contributed by atoms with Crippen LogP contribution >= 0.6 is 35.2 Å². The van der Waals surface area contributed by atoms with Crippen LogP contribution in [0.25, 0.3) is 3.58 Å². The summed E-state index contributed by atoms with van der Waals surface area (Å²) in [5.41, 5.74) is 2.70. The molecule has 0 bridgehead atoms. The van der Waals surface area contributed by atoms with E-state index in [-0.39, 0.29) is 0 Å². The minimum atomic E-state index is 1.01. The van der Waals surface area contributed by atoms with Gasteiger partial charge in [0.1, 0.15) is 0 Å². The summed E-state index contributed by atoms with van der Waals surface area (Å²) >= 11 is 6.71. The largest absolute Gasteiger partial charge is 0.143 e. The van der Waals surface area contributed by atoms with Crippen LogP contribution in [0.5, 0.6) is 0 Å². The number of hydrogen-bond donors (Lipinski definition) is 1. The van der Waals surface area contributed by atoms with Crippen LogP contribution in [0.15, 0.2) is 41.3 Å². The van der Waals surface area contributed by atoms with Crippen molar-refractivity contribution in [2.75, 3.05) is 0 Å². The van der Waals surface area contributed by atoms with Gasteiger partial charge in [-0.3, -0.25) is 0 Å². The average molecular weight is 300 g/mol. The minimum absolute atomic E-state index is 1.01. The number of halogens is 1. The quantitative estimate of drug-likeness (QED) is 0.546. The molecule has 0 atom stereocenters. The van der Waals surface area contributed by atoms with Crippen molar-refractivity contribution in [1.82, 2.24) is 0 Å². The third kappa shape index (κ3) is 1.99. The number of fused-ring (bicyclic) bond motifs is 1. The van der Waals surface area contributed by atoms with E-state index in [0.29, 0.717) is 0 Å². The fraction of sp³-hybridized carbons (Fsp3) is 0.0909. The lowest BCUT2D eigenvalue weighted by Gasteiger charge is -2.05. The molecule has 0 radical (unpaired) electrons. The predicted molar refractivity (Wildman–Crippen MR) is 68.5 cm³/mol. The first kappa shape index (κ1) is 9.34. The van der Waals surface area contributed by atoms with Gasteiger partial charge in [0.25, 0.3) is 0 Å². The summed E-state index contributed by atoms with van der Waals surface area (Å²) in [5.74, 6) is 0. The van der Waals surface area contributed by atoms with E-state index < -0.39 is 0 Å². The maximum absolute atomic E-state index is 4.34. The number of allylic oxidation sites excluding steroid dienone is 3. The molecule has 0 saturated carbocycles. The van der Waals surface area contributed by atoms with Crippen LogP contribution in [0.4, 0.5) is 0 Å². The third-order valence-electron chi connectivity index (χ3n) is 2.06. The van der Waals surface area contributed by atoms with Crippen molar-refractivity contribution in [1.29, 1.82) is 0 Å². The zero-order chi connectivity index (χ0) is 9.26. The van der Waals surface area contributed by atoms with Gasteiger partial charge in [-0.25, -0.2) is 0 Å². The molecule has 13 heavy (non-hydrogen) atoms. The number of hydrogen-bond acceptors (Lipinski definition) is 1. The van der Waals surface area contributed by atoms with E-state index in [2.05, 4.69) is 65.6 Å². The van der Waals surface area contributed by atoms with Crippen LogP contribution in [-0.4, -0.2) is 0 Å².